The third-order valence-electron chi connectivity index (χ3n) is 7.96. The van der Waals surface area contributed by atoms with Gasteiger partial charge in [-0.05, 0) is 66.4 Å². The van der Waals surface area contributed by atoms with Crippen molar-refractivity contribution in [2.75, 3.05) is 11.9 Å². The van der Waals surface area contributed by atoms with Crippen molar-refractivity contribution in [1.29, 1.82) is 0 Å². The molecule has 0 fully saturated rings. The molecule has 2 aromatic carbocycles. The maximum atomic E-state index is 12.6. The van der Waals surface area contributed by atoms with Gasteiger partial charge in [-0.1, -0.05) is 59.7 Å². The zero-order chi connectivity index (χ0) is 30.1. The smallest absolute Gasteiger partial charge is 0.469 e. The summed E-state index contributed by atoms with van der Waals surface area (Å²) in [5.41, 5.74) is 1.19. The number of amides is 2. The minimum Gasteiger partial charge on any atom is -0.739 e. The maximum absolute atomic E-state index is 12.6. The molecule has 0 radical (unpaired) electrons. The number of carbonyl (C=O) groups excluding carboxylic acids is 1. The van der Waals surface area contributed by atoms with Crippen molar-refractivity contribution in [1.82, 2.24) is 10.4 Å². The lowest BCUT2D eigenvalue weighted by Crippen LogP contribution is -2.46. The summed E-state index contributed by atoms with van der Waals surface area (Å²) < 4.78 is 13.8. The van der Waals surface area contributed by atoms with Crippen LogP contribution in [0.15, 0.2) is 42.5 Å². The van der Waals surface area contributed by atoms with Gasteiger partial charge in [0.25, 0.3) is 22.2 Å². The average Bonchev–Trinajstić information content (AvgIpc) is 2.82. The molecule has 0 aliphatic carbocycles. The fourth-order valence-electron chi connectivity index (χ4n) is 3.36. The molecule has 0 bridgehead atoms. The average molecular weight is 586 g/mol. The Morgan fingerprint density at radius 2 is 1.43 bits per heavy atom. The predicted octanol–water partition coefficient (Wildman–Crippen LogP) is 5.63. The molecule has 0 unspecified atom stereocenters. The number of hydrogen-bond acceptors (Lipinski definition) is 6. The van der Waals surface area contributed by atoms with Crippen molar-refractivity contribution in [2.24, 2.45) is 0 Å². The molecule has 0 saturated heterocycles. The Labute approximate surface area is 239 Å². The molecule has 0 spiro atoms. The van der Waals surface area contributed by atoms with Gasteiger partial charge in [-0.3, -0.25) is 0 Å². The predicted molar refractivity (Wildman–Crippen MR) is 162 cm³/mol. The molecule has 0 aliphatic rings. The molecule has 2 amide bonds. The van der Waals surface area contributed by atoms with Crippen molar-refractivity contribution < 1.29 is 23.2 Å². The second kappa shape index (κ2) is 11.2. The second-order valence-corrected chi connectivity index (χ2v) is 22.6. The molecule has 3 aromatic rings. The Morgan fingerprint density at radius 1 is 0.875 bits per heavy atom. The Morgan fingerprint density at radius 3 is 2.00 bits per heavy atom. The molecule has 1 aromatic heterocycles. The van der Waals surface area contributed by atoms with Gasteiger partial charge < -0.3 is 24.6 Å². The zero-order valence-corrected chi connectivity index (χ0v) is 27.3. The van der Waals surface area contributed by atoms with Crippen LogP contribution in [-0.4, -0.2) is 34.3 Å². The van der Waals surface area contributed by atoms with E-state index in [0.29, 0.717) is 16.0 Å². The molecule has 0 atom stereocenters. The van der Waals surface area contributed by atoms with E-state index in [0.717, 1.165) is 17.1 Å². The van der Waals surface area contributed by atoms with E-state index < -0.39 is 28.6 Å². The molecule has 0 aliphatic heterocycles. The molecular weight excluding hydrogens is 543 g/mol. The number of hydrogen-bond donors (Lipinski definition) is 2. The summed E-state index contributed by atoms with van der Waals surface area (Å²) in [6, 6.07) is 11.5. The summed E-state index contributed by atoms with van der Waals surface area (Å²) in [6.07, 6.45) is 0.520. The lowest BCUT2D eigenvalue weighted by molar-refractivity contribution is -0.672. The normalized spacial score (nSPS) is 12.8. The number of rotatable bonds is 8. The third-order valence-corrected chi connectivity index (χ3v) is 16.6. The molecule has 1 heterocycles. The first-order valence-corrected chi connectivity index (χ1v) is 19.3. The third kappa shape index (κ3) is 7.02. The summed E-state index contributed by atoms with van der Waals surface area (Å²) in [4.78, 5) is 12.8. The molecule has 40 heavy (non-hydrogen) atoms. The monoisotopic (exact) mass is 585 g/mol. The fourth-order valence-corrected chi connectivity index (χ4v) is 5.40. The highest BCUT2D eigenvalue weighted by atomic mass is 28.4. The minimum absolute atomic E-state index is 0.00829. The molecule has 0 saturated carbocycles. The number of para-hydroxylation sites is 2. The molecule has 3 rings (SSSR count). The maximum Gasteiger partial charge on any atom is 0.469 e. The highest BCUT2D eigenvalue weighted by Crippen LogP contribution is 2.43. The van der Waals surface area contributed by atoms with E-state index in [1.54, 1.807) is 12.1 Å². The van der Waals surface area contributed by atoms with Crippen molar-refractivity contribution in [3.05, 3.63) is 58.4 Å². The number of urea groups is 1. The molecule has 10 nitrogen and oxygen atoms in total. The molecule has 218 valence electrons. The van der Waals surface area contributed by atoms with E-state index in [4.69, 9.17) is 8.85 Å². The first kappa shape index (κ1) is 31.1. The van der Waals surface area contributed by atoms with E-state index in [9.17, 15) is 15.2 Å². The molecule has 2 N–H and O–H groups in total. The van der Waals surface area contributed by atoms with Crippen molar-refractivity contribution in [2.45, 2.75) is 84.2 Å². The Bertz CT molecular complexity index is 1380. The van der Waals surface area contributed by atoms with Gasteiger partial charge in [0.1, 0.15) is 11.5 Å². The number of nitrogens with one attached hydrogen (secondary N) is 2. The number of anilines is 1. The number of benzene rings is 2. The van der Waals surface area contributed by atoms with E-state index in [1.165, 1.54) is 12.1 Å². The van der Waals surface area contributed by atoms with Crippen LogP contribution in [-0.2, 0) is 6.42 Å². The number of fused-ring (bicyclic) bond motifs is 1. The van der Waals surface area contributed by atoms with Crippen LogP contribution < -0.4 is 29.1 Å². The summed E-state index contributed by atoms with van der Waals surface area (Å²) in [7, 11) is -4.26. The van der Waals surface area contributed by atoms with Crippen LogP contribution in [0, 0.1) is 10.4 Å². The highest BCUT2D eigenvalue weighted by molar-refractivity contribution is 6.75. The SMILES string of the molecule is CC(C)(C)[Si](C)(C)Oc1ccc(CCNC(=O)Nc2n[n+]([O-])c3ccccc3[n+]2[O-])cc1O[Si](C)(C)C(C)(C)C. The van der Waals surface area contributed by atoms with Crippen molar-refractivity contribution in [3.63, 3.8) is 0 Å². The fraction of sp³-hybridized carbons (Fsp3) is 0.500. The summed E-state index contributed by atoms with van der Waals surface area (Å²) >= 11 is 0. The molecule has 12 heteroatoms. The van der Waals surface area contributed by atoms with Crippen LogP contribution >= 0.6 is 0 Å². The second-order valence-electron chi connectivity index (χ2n) is 13.1. The largest absolute Gasteiger partial charge is 0.739 e. The highest BCUT2D eigenvalue weighted by Gasteiger charge is 2.42. The van der Waals surface area contributed by atoms with Gasteiger partial charge >= 0.3 is 12.0 Å². The van der Waals surface area contributed by atoms with Gasteiger partial charge in [0.05, 0.1) is 0 Å². The van der Waals surface area contributed by atoms with E-state index in [-0.39, 0.29) is 27.7 Å². The van der Waals surface area contributed by atoms with Gasteiger partial charge in [-0.25, -0.2) is 9.52 Å². The number of carbonyl (C=O) groups is 1. The van der Waals surface area contributed by atoms with Crippen LogP contribution in [0.25, 0.3) is 11.0 Å². The van der Waals surface area contributed by atoms with Crippen LogP contribution in [0.5, 0.6) is 11.5 Å². The summed E-state index contributed by atoms with van der Waals surface area (Å²) in [6.45, 7) is 22.3. The summed E-state index contributed by atoms with van der Waals surface area (Å²) in [5.74, 6) is 1.08. The summed E-state index contributed by atoms with van der Waals surface area (Å²) in [5, 5.41) is 33.5. The lowest BCUT2D eigenvalue weighted by Gasteiger charge is -2.39. The van der Waals surface area contributed by atoms with Crippen molar-refractivity contribution >= 4 is 39.6 Å². The Balaban J connectivity index is 1.75. The Hall–Kier alpha value is -3.39. The standard InChI is InChI=1S/C28H43N5O5Si2/c1-27(2,3)39(7,8)37-23-16-15-20(19-24(23)38-40(9,10)28(4,5)6)17-18-29-26(34)30-25-31-33(36)22-14-12-11-13-21(22)32(25)35/h11-16,19H,17-18H2,1-10H3,(H2,29,30,31,34). The number of nitrogens with zero attached hydrogens (tertiary/aromatic N) is 3. The van der Waals surface area contributed by atoms with Crippen LogP contribution in [0.3, 0.4) is 0 Å². The van der Waals surface area contributed by atoms with Crippen molar-refractivity contribution in [3.8, 4) is 11.5 Å². The van der Waals surface area contributed by atoms with Gasteiger partial charge in [-0.15, -0.1) is 0 Å². The van der Waals surface area contributed by atoms with Crippen LogP contribution in [0.2, 0.25) is 36.3 Å². The van der Waals surface area contributed by atoms with Gasteiger partial charge in [-0.2, -0.15) is 5.32 Å². The minimum atomic E-state index is -2.15. The van der Waals surface area contributed by atoms with E-state index >= 15 is 0 Å². The van der Waals surface area contributed by atoms with Crippen LogP contribution in [0.4, 0.5) is 10.7 Å². The van der Waals surface area contributed by atoms with Gasteiger partial charge in [0.2, 0.25) is 5.10 Å². The molecular formula is C28H43N5O5Si2. The first-order chi connectivity index (χ1) is 18.3. The number of aromatic nitrogens is 3. The zero-order valence-electron chi connectivity index (χ0n) is 25.3. The van der Waals surface area contributed by atoms with Gasteiger partial charge in [0, 0.05) is 17.5 Å². The van der Waals surface area contributed by atoms with E-state index in [2.05, 4.69) is 83.5 Å². The topological polar surface area (TPSA) is 126 Å². The Kier molecular flexibility index (Phi) is 8.75. The lowest BCUT2D eigenvalue weighted by atomic mass is 10.1. The first-order valence-electron chi connectivity index (χ1n) is 13.5. The van der Waals surface area contributed by atoms with E-state index in [1.807, 2.05) is 18.2 Å². The van der Waals surface area contributed by atoms with Crippen LogP contribution in [0.1, 0.15) is 47.1 Å². The quantitative estimate of drug-likeness (QED) is 0.200. The van der Waals surface area contributed by atoms with Gasteiger partial charge in [0.15, 0.2) is 5.52 Å².